The number of ether oxygens (including phenoxy) is 3. The Morgan fingerprint density at radius 2 is 1.78 bits per heavy atom. The molecule has 1 rings (SSSR count). The first-order valence-electron chi connectivity index (χ1n) is 8.43. The third kappa shape index (κ3) is 8.96. The van der Waals surface area contributed by atoms with Gasteiger partial charge in [-0.2, -0.15) is 8.78 Å². The Balaban J connectivity index is 2.36. The van der Waals surface area contributed by atoms with Gasteiger partial charge in [0.1, 0.15) is 13.2 Å². The molecule has 1 aromatic carbocycles. The van der Waals surface area contributed by atoms with Gasteiger partial charge < -0.3 is 19.1 Å². The van der Waals surface area contributed by atoms with Crippen LogP contribution in [0.25, 0.3) is 0 Å². The van der Waals surface area contributed by atoms with E-state index >= 15 is 0 Å². The molecular weight excluding hydrogens is 360 g/mol. The standard InChI is InChI=1S/C19H23F2NO5/c1-3-22(4-2)19(24)27-16(18(20)21)11-8-12-26-17(23)14-25-13-15-9-6-5-7-10-15/h5-11H,3-4,12-14H2,1-2H3/b11-8+. The second-order valence-corrected chi connectivity index (χ2v) is 5.23. The number of esters is 1. The van der Waals surface area contributed by atoms with Crippen molar-refractivity contribution in [1.82, 2.24) is 4.90 Å². The topological polar surface area (TPSA) is 65.1 Å². The molecule has 0 unspecified atom stereocenters. The molecule has 0 spiro atoms. The summed E-state index contributed by atoms with van der Waals surface area (Å²) in [4.78, 5) is 24.5. The third-order valence-electron chi connectivity index (χ3n) is 3.35. The fourth-order valence-electron chi connectivity index (χ4n) is 1.94. The fourth-order valence-corrected chi connectivity index (χ4v) is 1.94. The summed E-state index contributed by atoms with van der Waals surface area (Å²) in [7, 11) is 0. The maximum Gasteiger partial charge on any atom is 0.415 e. The van der Waals surface area contributed by atoms with Gasteiger partial charge in [-0.25, -0.2) is 9.59 Å². The number of benzene rings is 1. The molecule has 8 heteroatoms. The van der Waals surface area contributed by atoms with E-state index in [1.165, 1.54) is 4.90 Å². The Hall–Kier alpha value is -2.74. The van der Waals surface area contributed by atoms with Gasteiger partial charge in [-0.05, 0) is 31.6 Å². The third-order valence-corrected chi connectivity index (χ3v) is 3.35. The lowest BCUT2D eigenvalue weighted by atomic mass is 10.2. The minimum Gasteiger partial charge on any atom is -0.460 e. The first-order chi connectivity index (χ1) is 13.0. The Labute approximate surface area is 157 Å². The van der Waals surface area contributed by atoms with Crippen LogP contribution in [-0.4, -0.2) is 43.3 Å². The maximum absolute atomic E-state index is 12.8. The number of hydrogen-bond acceptors (Lipinski definition) is 5. The van der Waals surface area contributed by atoms with Crippen molar-refractivity contribution in [1.29, 1.82) is 0 Å². The minimum absolute atomic E-state index is 0.257. The maximum atomic E-state index is 12.8. The van der Waals surface area contributed by atoms with Gasteiger partial charge in [0.05, 0.1) is 6.61 Å². The van der Waals surface area contributed by atoms with Gasteiger partial charge in [0.15, 0.2) is 5.76 Å². The molecule has 0 saturated carbocycles. The molecule has 148 valence electrons. The van der Waals surface area contributed by atoms with Crippen molar-refractivity contribution in [2.45, 2.75) is 20.5 Å². The number of nitrogens with zero attached hydrogens (tertiary/aromatic N) is 1. The van der Waals surface area contributed by atoms with E-state index in [1.807, 2.05) is 30.3 Å². The fraction of sp³-hybridized carbons (Fsp3) is 0.368. The zero-order chi connectivity index (χ0) is 20.1. The van der Waals surface area contributed by atoms with Crippen LogP contribution in [0.2, 0.25) is 0 Å². The van der Waals surface area contributed by atoms with Crippen LogP contribution in [0.3, 0.4) is 0 Å². The van der Waals surface area contributed by atoms with E-state index in [9.17, 15) is 18.4 Å². The van der Waals surface area contributed by atoms with Crippen LogP contribution in [0.15, 0.2) is 54.3 Å². The van der Waals surface area contributed by atoms with E-state index in [1.54, 1.807) is 13.8 Å². The van der Waals surface area contributed by atoms with Gasteiger partial charge in [-0.1, -0.05) is 30.3 Å². The van der Waals surface area contributed by atoms with Gasteiger partial charge in [0.2, 0.25) is 0 Å². The second kappa shape index (κ2) is 12.6. The molecule has 1 aromatic rings. The molecule has 27 heavy (non-hydrogen) atoms. The molecule has 0 radical (unpaired) electrons. The summed E-state index contributed by atoms with van der Waals surface area (Å²) in [5.41, 5.74) is 0.911. The van der Waals surface area contributed by atoms with Crippen molar-refractivity contribution in [2.75, 3.05) is 26.3 Å². The molecule has 0 heterocycles. The summed E-state index contributed by atoms with van der Waals surface area (Å²) in [6.07, 6.45) is -0.989. The van der Waals surface area contributed by atoms with E-state index in [-0.39, 0.29) is 19.8 Å². The summed E-state index contributed by atoms with van der Waals surface area (Å²) >= 11 is 0. The van der Waals surface area contributed by atoms with E-state index in [0.29, 0.717) is 13.1 Å². The van der Waals surface area contributed by atoms with Crippen LogP contribution in [0, 0.1) is 0 Å². The quantitative estimate of drug-likeness (QED) is 0.348. The lowest BCUT2D eigenvalue weighted by Crippen LogP contribution is -2.30. The molecule has 0 aliphatic rings. The van der Waals surface area contributed by atoms with E-state index in [2.05, 4.69) is 4.74 Å². The molecule has 0 bridgehead atoms. The molecule has 0 fully saturated rings. The monoisotopic (exact) mass is 383 g/mol. The Kier molecular flexibility index (Phi) is 10.4. The summed E-state index contributed by atoms with van der Waals surface area (Å²) in [6, 6.07) is 9.28. The number of carbonyl (C=O) groups excluding carboxylic acids is 2. The number of rotatable bonds is 10. The highest BCUT2D eigenvalue weighted by atomic mass is 19.3. The van der Waals surface area contributed by atoms with Crippen LogP contribution < -0.4 is 0 Å². The lowest BCUT2D eigenvalue weighted by molar-refractivity contribution is -0.148. The molecule has 0 aliphatic heterocycles. The predicted molar refractivity (Wildman–Crippen MR) is 94.8 cm³/mol. The highest BCUT2D eigenvalue weighted by Gasteiger charge is 2.15. The van der Waals surface area contributed by atoms with Crippen molar-refractivity contribution in [3.05, 3.63) is 59.9 Å². The summed E-state index contributed by atoms with van der Waals surface area (Å²) in [6.45, 7) is 3.81. The SMILES string of the molecule is CCN(CC)C(=O)OC(/C=C/COC(=O)COCc1ccccc1)=C(F)F. The molecule has 0 N–H and O–H groups in total. The summed E-state index contributed by atoms with van der Waals surface area (Å²) in [5.74, 6) is -1.52. The number of amides is 1. The minimum atomic E-state index is -2.15. The van der Waals surface area contributed by atoms with Gasteiger partial charge in [-0.3, -0.25) is 0 Å². The molecule has 1 amide bonds. The van der Waals surface area contributed by atoms with Crippen molar-refractivity contribution in [3.63, 3.8) is 0 Å². The zero-order valence-corrected chi connectivity index (χ0v) is 15.3. The van der Waals surface area contributed by atoms with Crippen LogP contribution in [0.5, 0.6) is 0 Å². The molecule has 0 aromatic heterocycles. The Morgan fingerprint density at radius 1 is 1.11 bits per heavy atom. The Bertz CT molecular complexity index is 653. The first kappa shape index (κ1) is 22.3. The Morgan fingerprint density at radius 3 is 2.37 bits per heavy atom. The lowest BCUT2D eigenvalue weighted by Gasteiger charge is -2.17. The van der Waals surface area contributed by atoms with Crippen molar-refractivity contribution >= 4 is 12.1 Å². The summed E-state index contributed by atoms with van der Waals surface area (Å²) < 4.78 is 40.4. The normalized spacial score (nSPS) is 10.5. The van der Waals surface area contributed by atoms with Gasteiger partial charge in [0.25, 0.3) is 0 Å². The average molecular weight is 383 g/mol. The second-order valence-electron chi connectivity index (χ2n) is 5.23. The van der Waals surface area contributed by atoms with Crippen molar-refractivity contribution in [3.8, 4) is 0 Å². The molecule has 0 atom stereocenters. The van der Waals surface area contributed by atoms with Crippen LogP contribution in [0.4, 0.5) is 13.6 Å². The van der Waals surface area contributed by atoms with E-state index < -0.39 is 23.9 Å². The van der Waals surface area contributed by atoms with Crippen molar-refractivity contribution < 1.29 is 32.6 Å². The number of allylic oxidation sites excluding steroid dienone is 1. The van der Waals surface area contributed by atoms with Gasteiger partial charge in [0, 0.05) is 13.1 Å². The summed E-state index contributed by atoms with van der Waals surface area (Å²) in [5, 5.41) is 0. The van der Waals surface area contributed by atoms with E-state index in [0.717, 1.165) is 17.7 Å². The molecule has 6 nitrogen and oxygen atoms in total. The highest BCUT2D eigenvalue weighted by molar-refractivity contribution is 5.71. The van der Waals surface area contributed by atoms with Crippen LogP contribution >= 0.6 is 0 Å². The molecular formula is C19H23F2NO5. The van der Waals surface area contributed by atoms with Crippen molar-refractivity contribution in [2.24, 2.45) is 0 Å². The van der Waals surface area contributed by atoms with E-state index in [4.69, 9.17) is 9.47 Å². The average Bonchev–Trinajstić information content (AvgIpc) is 2.65. The number of hydrogen-bond donors (Lipinski definition) is 0. The smallest absolute Gasteiger partial charge is 0.415 e. The molecule has 0 aliphatic carbocycles. The van der Waals surface area contributed by atoms with Gasteiger partial charge in [-0.15, -0.1) is 0 Å². The van der Waals surface area contributed by atoms with Crippen LogP contribution in [0.1, 0.15) is 19.4 Å². The van der Waals surface area contributed by atoms with Crippen LogP contribution in [-0.2, 0) is 25.6 Å². The molecule has 0 saturated heterocycles. The number of halogens is 2. The largest absolute Gasteiger partial charge is 0.460 e. The highest BCUT2D eigenvalue weighted by Crippen LogP contribution is 2.13. The first-order valence-corrected chi connectivity index (χ1v) is 8.43. The predicted octanol–water partition coefficient (Wildman–Crippen LogP) is 3.89. The van der Waals surface area contributed by atoms with Gasteiger partial charge >= 0.3 is 18.1 Å². The number of carbonyl (C=O) groups is 2. The zero-order valence-electron chi connectivity index (χ0n) is 15.3.